The van der Waals surface area contributed by atoms with Gasteiger partial charge < -0.3 is 20.1 Å². The minimum Gasteiger partial charge on any atom is -0.489 e. The Labute approximate surface area is 166 Å². The molecule has 0 saturated carbocycles. The number of β-amino-alcohol motifs (C(OH)–C–C–N with tert-alkyl or cyclic N) is 1. The molecule has 3 rings (SSSR count). The summed E-state index contributed by atoms with van der Waals surface area (Å²) in [6.45, 7) is 8.51. The van der Waals surface area contributed by atoms with E-state index in [1.807, 2.05) is 30.3 Å². The molecule has 5 heteroatoms. The molecule has 0 atom stereocenters. The lowest BCUT2D eigenvalue weighted by Gasteiger charge is -2.30. The van der Waals surface area contributed by atoms with Crippen LogP contribution in [0.3, 0.4) is 0 Å². The van der Waals surface area contributed by atoms with Crippen molar-refractivity contribution in [1.29, 1.82) is 0 Å². The molecule has 0 aromatic heterocycles. The summed E-state index contributed by atoms with van der Waals surface area (Å²) >= 11 is 0. The third kappa shape index (κ3) is 4.93. The molecule has 2 aromatic rings. The summed E-state index contributed by atoms with van der Waals surface area (Å²) in [6, 6.07) is 13.8. The summed E-state index contributed by atoms with van der Waals surface area (Å²) in [6.07, 6.45) is 3.34. The molecule has 2 aromatic carbocycles. The Morgan fingerprint density at radius 1 is 1.21 bits per heavy atom. The maximum absolute atomic E-state index is 12.3. The van der Waals surface area contributed by atoms with Gasteiger partial charge >= 0.3 is 0 Å². The molecule has 1 aliphatic rings. The van der Waals surface area contributed by atoms with Gasteiger partial charge in [-0.1, -0.05) is 45.0 Å². The van der Waals surface area contributed by atoms with E-state index in [-0.39, 0.29) is 17.9 Å². The predicted molar refractivity (Wildman–Crippen MR) is 114 cm³/mol. The molecule has 0 aliphatic carbocycles. The number of ether oxygens (including phenoxy) is 1. The maximum Gasteiger partial charge on any atom is 0.248 e. The number of aliphatic hydroxyl groups excluding tert-OH is 1. The Bertz CT molecular complexity index is 851. The van der Waals surface area contributed by atoms with E-state index >= 15 is 0 Å². The molecule has 0 radical (unpaired) electrons. The molecule has 0 spiro atoms. The normalized spacial score (nSPS) is 13.9. The van der Waals surface area contributed by atoms with Crippen LogP contribution in [0.15, 0.2) is 48.5 Å². The van der Waals surface area contributed by atoms with Gasteiger partial charge in [-0.2, -0.15) is 0 Å². The Morgan fingerprint density at radius 2 is 1.96 bits per heavy atom. The van der Waals surface area contributed by atoms with E-state index in [4.69, 9.17) is 4.74 Å². The fraction of sp³-hybridized carbons (Fsp3) is 0.348. The SMILES string of the molecule is CC(C)(C)c1ccc(C=CC(=O)Nc2ccc3c(c2)OCCN3CCO)cc1. The number of amides is 1. The Balaban J connectivity index is 1.64. The van der Waals surface area contributed by atoms with Gasteiger partial charge in [-0.15, -0.1) is 0 Å². The molecule has 1 heterocycles. The van der Waals surface area contributed by atoms with Crippen molar-refractivity contribution in [2.45, 2.75) is 26.2 Å². The maximum atomic E-state index is 12.3. The third-order valence-corrected chi connectivity index (χ3v) is 4.76. The average molecular weight is 380 g/mol. The van der Waals surface area contributed by atoms with Gasteiger partial charge in [-0.3, -0.25) is 4.79 Å². The van der Waals surface area contributed by atoms with Crippen molar-refractivity contribution in [3.63, 3.8) is 0 Å². The van der Waals surface area contributed by atoms with E-state index in [2.05, 4.69) is 43.1 Å². The van der Waals surface area contributed by atoms with Crippen LogP contribution in [0.2, 0.25) is 0 Å². The van der Waals surface area contributed by atoms with Crippen LogP contribution in [-0.4, -0.2) is 37.3 Å². The molecular weight excluding hydrogens is 352 g/mol. The van der Waals surface area contributed by atoms with Crippen LogP contribution >= 0.6 is 0 Å². The number of hydrogen-bond donors (Lipinski definition) is 2. The molecule has 148 valence electrons. The molecular formula is C23H28N2O3. The monoisotopic (exact) mass is 380 g/mol. The summed E-state index contributed by atoms with van der Waals surface area (Å²) in [5, 5.41) is 12.0. The highest BCUT2D eigenvalue weighted by Crippen LogP contribution is 2.33. The minimum absolute atomic E-state index is 0.0967. The smallest absolute Gasteiger partial charge is 0.248 e. The fourth-order valence-electron chi connectivity index (χ4n) is 3.16. The van der Waals surface area contributed by atoms with Gasteiger partial charge in [0.05, 0.1) is 18.8 Å². The second-order valence-corrected chi connectivity index (χ2v) is 7.94. The molecule has 1 aliphatic heterocycles. The number of aliphatic hydroxyl groups is 1. The number of hydrogen-bond acceptors (Lipinski definition) is 4. The molecule has 2 N–H and O–H groups in total. The average Bonchev–Trinajstić information content (AvgIpc) is 2.66. The lowest BCUT2D eigenvalue weighted by Crippen LogP contribution is -2.34. The summed E-state index contributed by atoms with van der Waals surface area (Å²) in [7, 11) is 0. The van der Waals surface area contributed by atoms with Crippen LogP contribution in [0, 0.1) is 0 Å². The summed E-state index contributed by atoms with van der Waals surface area (Å²) in [5.41, 5.74) is 3.98. The highest BCUT2D eigenvalue weighted by atomic mass is 16.5. The van der Waals surface area contributed by atoms with Crippen LogP contribution in [0.25, 0.3) is 6.08 Å². The van der Waals surface area contributed by atoms with Crippen LogP contribution in [0.4, 0.5) is 11.4 Å². The second-order valence-electron chi connectivity index (χ2n) is 7.94. The van der Waals surface area contributed by atoms with E-state index in [9.17, 15) is 9.90 Å². The largest absolute Gasteiger partial charge is 0.489 e. The van der Waals surface area contributed by atoms with E-state index in [0.717, 1.165) is 23.5 Å². The topological polar surface area (TPSA) is 61.8 Å². The number of nitrogens with zero attached hydrogens (tertiary/aromatic N) is 1. The van der Waals surface area contributed by atoms with Gasteiger partial charge in [0.15, 0.2) is 0 Å². The highest BCUT2D eigenvalue weighted by Gasteiger charge is 2.18. The summed E-state index contributed by atoms with van der Waals surface area (Å²) < 4.78 is 5.70. The Morgan fingerprint density at radius 3 is 2.64 bits per heavy atom. The lowest BCUT2D eigenvalue weighted by molar-refractivity contribution is -0.111. The molecule has 28 heavy (non-hydrogen) atoms. The molecule has 1 amide bonds. The van der Waals surface area contributed by atoms with Crippen molar-refractivity contribution >= 4 is 23.4 Å². The second kappa shape index (κ2) is 8.48. The zero-order valence-corrected chi connectivity index (χ0v) is 16.7. The Kier molecular flexibility index (Phi) is 6.05. The minimum atomic E-state index is -0.192. The predicted octanol–water partition coefficient (Wildman–Crippen LogP) is 3.83. The van der Waals surface area contributed by atoms with Crippen molar-refractivity contribution in [2.75, 3.05) is 36.5 Å². The number of carbonyl (C=O) groups excluding carboxylic acids is 1. The molecule has 0 saturated heterocycles. The molecule has 0 unspecified atom stereocenters. The number of anilines is 2. The molecule has 0 bridgehead atoms. The Hall–Kier alpha value is -2.79. The number of nitrogens with one attached hydrogen (secondary N) is 1. The summed E-state index contributed by atoms with van der Waals surface area (Å²) in [4.78, 5) is 14.3. The quantitative estimate of drug-likeness (QED) is 0.774. The van der Waals surface area contributed by atoms with Gasteiger partial charge in [0, 0.05) is 24.4 Å². The van der Waals surface area contributed by atoms with Crippen LogP contribution in [-0.2, 0) is 10.2 Å². The molecule has 0 fully saturated rings. The van der Waals surface area contributed by atoms with E-state index < -0.39 is 0 Å². The molecule has 5 nitrogen and oxygen atoms in total. The number of fused-ring (bicyclic) bond motifs is 1. The van der Waals surface area contributed by atoms with Gasteiger partial charge in [-0.05, 0) is 34.8 Å². The zero-order valence-electron chi connectivity index (χ0n) is 16.7. The first-order valence-corrected chi connectivity index (χ1v) is 9.59. The van der Waals surface area contributed by atoms with Crippen molar-refractivity contribution in [2.24, 2.45) is 0 Å². The van der Waals surface area contributed by atoms with Gasteiger partial charge in [0.2, 0.25) is 5.91 Å². The van der Waals surface area contributed by atoms with E-state index in [1.54, 1.807) is 6.08 Å². The van der Waals surface area contributed by atoms with Crippen molar-refractivity contribution in [3.05, 3.63) is 59.7 Å². The first kappa shape index (κ1) is 20.0. The first-order valence-electron chi connectivity index (χ1n) is 9.59. The fourth-order valence-corrected chi connectivity index (χ4v) is 3.16. The van der Waals surface area contributed by atoms with E-state index in [1.165, 1.54) is 11.6 Å². The summed E-state index contributed by atoms with van der Waals surface area (Å²) in [5.74, 6) is 0.530. The van der Waals surface area contributed by atoms with Crippen molar-refractivity contribution in [1.82, 2.24) is 0 Å². The standard InChI is InChI=1S/C23H28N2O3/c1-23(2,3)18-7-4-17(5-8-18)6-11-22(27)24-19-9-10-20-21(16-19)28-15-13-25(20)12-14-26/h4-11,16,26H,12-15H2,1-3H3,(H,24,27). The van der Waals surface area contributed by atoms with E-state index in [0.29, 0.717) is 18.8 Å². The lowest BCUT2D eigenvalue weighted by atomic mass is 9.87. The highest BCUT2D eigenvalue weighted by molar-refractivity contribution is 6.02. The number of carbonyl (C=O) groups is 1. The van der Waals surface area contributed by atoms with Crippen molar-refractivity contribution in [3.8, 4) is 5.75 Å². The van der Waals surface area contributed by atoms with Crippen molar-refractivity contribution < 1.29 is 14.6 Å². The van der Waals surface area contributed by atoms with Crippen LogP contribution in [0.5, 0.6) is 5.75 Å². The third-order valence-electron chi connectivity index (χ3n) is 4.76. The van der Waals surface area contributed by atoms with Crippen LogP contribution in [0.1, 0.15) is 31.9 Å². The number of rotatable bonds is 5. The number of benzene rings is 2. The van der Waals surface area contributed by atoms with Gasteiger partial charge in [0.1, 0.15) is 12.4 Å². The van der Waals surface area contributed by atoms with Gasteiger partial charge in [0.25, 0.3) is 0 Å². The van der Waals surface area contributed by atoms with Gasteiger partial charge in [-0.25, -0.2) is 0 Å². The van der Waals surface area contributed by atoms with Crippen LogP contribution < -0.4 is 15.0 Å². The zero-order chi connectivity index (χ0) is 20.1. The first-order chi connectivity index (χ1) is 13.4.